The van der Waals surface area contributed by atoms with E-state index in [1.807, 2.05) is 0 Å². The largest absolute Gasteiger partial charge is 0.504 e. The summed E-state index contributed by atoms with van der Waals surface area (Å²) in [5.41, 5.74) is 0.517. The van der Waals surface area contributed by atoms with Crippen LogP contribution in [0, 0.1) is 5.82 Å². The number of hydrogen-bond donors (Lipinski definition) is 5. The molecule has 2 aromatic heterocycles. The molecular weight excluding hydrogens is 425 g/mol. The monoisotopic (exact) mass is 447 g/mol. The average Bonchev–Trinajstić information content (AvgIpc) is 2.94. The molecule has 1 fully saturated rings. The Morgan fingerprint density at radius 1 is 1.23 bits per heavy atom. The van der Waals surface area contributed by atoms with Gasteiger partial charge in [0.25, 0.3) is 5.91 Å². The van der Waals surface area contributed by atoms with Crippen LogP contribution in [0.4, 0.5) is 10.2 Å². The molecule has 1 aromatic carbocycles. The minimum Gasteiger partial charge on any atom is -0.504 e. The number of amides is 1. The molecule has 0 spiro atoms. The van der Waals surface area contributed by atoms with E-state index in [9.17, 15) is 23.4 Å². The van der Waals surface area contributed by atoms with Crippen molar-refractivity contribution in [3.8, 4) is 5.75 Å². The zero-order valence-corrected chi connectivity index (χ0v) is 17.3. The Labute approximate surface area is 179 Å². The van der Waals surface area contributed by atoms with Crippen LogP contribution < -0.4 is 14.9 Å². The maximum absolute atomic E-state index is 13.1. The first-order chi connectivity index (χ1) is 14.9. The van der Waals surface area contributed by atoms with Crippen LogP contribution in [0.1, 0.15) is 16.1 Å². The summed E-state index contributed by atoms with van der Waals surface area (Å²) in [6.45, 7) is 1.27. The Balaban J connectivity index is 1.73. The smallest absolute Gasteiger partial charge is 0.274 e. The van der Waals surface area contributed by atoms with Crippen molar-refractivity contribution < 1.29 is 23.4 Å². The zero-order valence-electron chi connectivity index (χ0n) is 16.5. The van der Waals surface area contributed by atoms with Crippen molar-refractivity contribution in [2.45, 2.75) is 6.54 Å². The first-order valence-electron chi connectivity index (χ1n) is 9.61. The van der Waals surface area contributed by atoms with E-state index in [1.54, 1.807) is 12.1 Å². The summed E-state index contributed by atoms with van der Waals surface area (Å²) in [4.78, 5) is 21.3. The molecule has 0 aliphatic carbocycles. The predicted octanol–water partition coefficient (Wildman–Crippen LogP) is 2.48. The molecule has 164 valence electrons. The second kappa shape index (κ2) is 8.63. The summed E-state index contributed by atoms with van der Waals surface area (Å²) in [7, 11) is -3.19. The number of carbonyl (C=O) groups is 1. The molecule has 3 aromatic rings. The Bertz CT molecular complexity index is 1110. The van der Waals surface area contributed by atoms with Crippen molar-refractivity contribution in [3.63, 3.8) is 0 Å². The van der Waals surface area contributed by atoms with Gasteiger partial charge in [0, 0.05) is 31.2 Å². The fraction of sp³-hybridized carbons (Fsp3) is 0.250. The Morgan fingerprint density at radius 2 is 2.00 bits per heavy atom. The second-order valence-corrected chi connectivity index (χ2v) is 9.14. The van der Waals surface area contributed by atoms with Gasteiger partial charge in [-0.15, -0.1) is 10.8 Å². The lowest BCUT2D eigenvalue weighted by molar-refractivity contribution is 0.0943. The van der Waals surface area contributed by atoms with Crippen LogP contribution in [0.5, 0.6) is 5.75 Å². The SMILES string of the molecule is O=C(NCc1ccc(F)cc1)c1nc(N2CCNCCS2(O)O)c2cccnc2c1O. The highest BCUT2D eigenvalue weighted by Crippen LogP contribution is 2.48. The quantitative estimate of drug-likeness (QED) is 0.412. The van der Waals surface area contributed by atoms with Gasteiger partial charge in [0.2, 0.25) is 0 Å². The van der Waals surface area contributed by atoms with E-state index in [4.69, 9.17) is 0 Å². The number of halogens is 1. The molecule has 9 nitrogen and oxygen atoms in total. The summed E-state index contributed by atoms with van der Waals surface area (Å²) in [5, 5.41) is 16.8. The number of pyridine rings is 2. The van der Waals surface area contributed by atoms with Gasteiger partial charge < -0.3 is 15.7 Å². The summed E-state index contributed by atoms with van der Waals surface area (Å²) >= 11 is 0. The molecule has 0 saturated carbocycles. The molecule has 0 unspecified atom stereocenters. The van der Waals surface area contributed by atoms with E-state index < -0.39 is 22.4 Å². The van der Waals surface area contributed by atoms with Crippen LogP contribution in [-0.4, -0.2) is 55.5 Å². The topological polar surface area (TPSA) is 131 Å². The van der Waals surface area contributed by atoms with Gasteiger partial charge in [-0.05, 0) is 29.8 Å². The zero-order chi connectivity index (χ0) is 22.0. The number of nitrogens with zero attached hydrogens (tertiary/aromatic N) is 3. The lowest BCUT2D eigenvalue weighted by atomic mass is 10.2. The van der Waals surface area contributed by atoms with Crippen LogP contribution in [0.15, 0.2) is 42.6 Å². The van der Waals surface area contributed by atoms with Crippen molar-refractivity contribution in [2.24, 2.45) is 0 Å². The van der Waals surface area contributed by atoms with Crippen molar-refractivity contribution in [1.82, 2.24) is 20.6 Å². The third kappa shape index (κ3) is 4.39. The van der Waals surface area contributed by atoms with Crippen LogP contribution in [0.25, 0.3) is 10.9 Å². The lowest BCUT2D eigenvalue weighted by Crippen LogP contribution is -2.32. The van der Waals surface area contributed by atoms with Crippen LogP contribution in [-0.2, 0) is 6.54 Å². The summed E-state index contributed by atoms with van der Waals surface area (Å²) in [6, 6.07) is 8.94. The second-order valence-electron chi connectivity index (χ2n) is 7.03. The maximum Gasteiger partial charge on any atom is 0.274 e. The van der Waals surface area contributed by atoms with Crippen molar-refractivity contribution in [2.75, 3.05) is 29.7 Å². The third-order valence-corrected chi connectivity index (χ3v) is 6.74. The Morgan fingerprint density at radius 3 is 2.77 bits per heavy atom. The lowest BCUT2D eigenvalue weighted by Gasteiger charge is -2.42. The number of hydrogen-bond acceptors (Lipinski definition) is 8. The van der Waals surface area contributed by atoms with Gasteiger partial charge in [0.15, 0.2) is 17.3 Å². The standard InChI is InChI=1S/C20H22FN5O4S/c21-14-5-3-13(4-6-14)12-24-20(28)17-18(27)16-15(2-1-7-23-16)19(25-17)26-10-8-22-9-11-31(26,29)30/h1-7,22,27,29-30H,8-12H2,(H,24,28). The number of benzene rings is 1. The van der Waals surface area contributed by atoms with E-state index >= 15 is 0 Å². The van der Waals surface area contributed by atoms with Crippen LogP contribution in [0.2, 0.25) is 0 Å². The molecule has 1 amide bonds. The van der Waals surface area contributed by atoms with Gasteiger partial charge >= 0.3 is 0 Å². The Hall–Kier alpha value is -2.99. The molecule has 1 aliphatic rings. The van der Waals surface area contributed by atoms with Gasteiger partial charge in [-0.1, -0.05) is 12.1 Å². The van der Waals surface area contributed by atoms with Gasteiger partial charge in [-0.3, -0.25) is 23.2 Å². The minimum atomic E-state index is -3.19. The number of aromatic nitrogens is 2. The molecule has 1 aliphatic heterocycles. The Kier molecular flexibility index (Phi) is 5.92. The molecule has 11 heteroatoms. The molecule has 0 bridgehead atoms. The van der Waals surface area contributed by atoms with Crippen molar-refractivity contribution in [3.05, 3.63) is 59.7 Å². The molecule has 31 heavy (non-hydrogen) atoms. The minimum absolute atomic E-state index is 0.0959. The number of nitrogens with one attached hydrogen (secondary N) is 2. The van der Waals surface area contributed by atoms with Crippen molar-refractivity contribution >= 4 is 33.4 Å². The van der Waals surface area contributed by atoms with E-state index in [-0.39, 0.29) is 41.7 Å². The molecule has 4 rings (SSSR count). The fourth-order valence-electron chi connectivity index (χ4n) is 3.34. The summed E-state index contributed by atoms with van der Waals surface area (Å²) < 4.78 is 35.8. The molecule has 5 N–H and O–H groups in total. The summed E-state index contributed by atoms with van der Waals surface area (Å²) in [6.07, 6.45) is 1.47. The number of fused-ring (bicyclic) bond motifs is 1. The van der Waals surface area contributed by atoms with E-state index in [0.717, 1.165) is 0 Å². The van der Waals surface area contributed by atoms with E-state index in [0.29, 0.717) is 24.0 Å². The summed E-state index contributed by atoms with van der Waals surface area (Å²) in [5.74, 6) is -1.19. The molecular formula is C20H22FN5O4S. The average molecular weight is 447 g/mol. The van der Waals surface area contributed by atoms with Crippen LogP contribution in [0.3, 0.4) is 0 Å². The number of rotatable bonds is 4. The fourth-order valence-corrected chi connectivity index (χ4v) is 4.78. The van der Waals surface area contributed by atoms with Gasteiger partial charge in [-0.25, -0.2) is 9.37 Å². The highest BCUT2D eigenvalue weighted by molar-refractivity contribution is 8.25. The van der Waals surface area contributed by atoms with E-state index in [2.05, 4.69) is 20.6 Å². The van der Waals surface area contributed by atoms with Gasteiger partial charge in [0.1, 0.15) is 11.3 Å². The first-order valence-corrected chi connectivity index (χ1v) is 11.3. The van der Waals surface area contributed by atoms with E-state index in [1.165, 1.54) is 34.8 Å². The number of anilines is 1. The number of aromatic hydroxyl groups is 1. The third-order valence-electron chi connectivity index (χ3n) is 4.93. The highest BCUT2D eigenvalue weighted by atomic mass is 32.3. The highest BCUT2D eigenvalue weighted by Gasteiger charge is 2.30. The molecule has 0 atom stereocenters. The number of carbonyl (C=O) groups excluding carboxylic acids is 1. The predicted molar refractivity (Wildman–Crippen MR) is 117 cm³/mol. The molecule has 0 radical (unpaired) electrons. The van der Waals surface area contributed by atoms with Gasteiger partial charge in [-0.2, -0.15) is 0 Å². The van der Waals surface area contributed by atoms with Crippen LogP contribution >= 0.6 is 10.8 Å². The maximum atomic E-state index is 13.1. The molecule has 1 saturated heterocycles. The normalized spacial score (nSPS) is 17.2. The first kappa shape index (κ1) is 21.2. The van der Waals surface area contributed by atoms with Gasteiger partial charge in [0.05, 0.1) is 12.3 Å². The van der Waals surface area contributed by atoms with Crippen molar-refractivity contribution in [1.29, 1.82) is 0 Å². The molecule has 3 heterocycles.